The highest BCUT2D eigenvalue weighted by Gasteiger charge is 2.22. The predicted octanol–water partition coefficient (Wildman–Crippen LogP) is 5.90. The molecule has 0 saturated heterocycles. The van der Waals surface area contributed by atoms with Crippen molar-refractivity contribution in [2.45, 2.75) is 19.5 Å². The lowest BCUT2D eigenvalue weighted by Crippen LogP contribution is -2.38. The number of carbonyl (C=O) groups is 1. The van der Waals surface area contributed by atoms with Crippen LogP contribution in [0.15, 0.2) is 97.2 Å². The molecule has 6 aromatic rings. The summed E-state index contributed by atoms with van der Waals surface area (Å²) in [4.78, 5) is 17.5. The van der Waals surface area contributed by atoms with Crippen LogP contribution in [0.4, 0.5) is 20.3 Å². The molecule has 3 heterocycles. The number of aromatic nitrogens is 4. The van der Waals surface area contributed by atoms with Gasteiger partial charge in [0.25, 0.3) is 5.69 Å². The van der Waals surface area contributed by atoms with Crippen molar-refractivity contribution in [2.75, 3.05) is 24.4 Å². The topological polar surface area (TPSA) is 137 Å². The maximum Gasteiger partial charge on any atom is 0.321 e. The lowest BCUT2D eigenvalue weighted by atomic mass is 10.1. The van der Waals surface area contributed by atoms with Gasteiger partial charge in [-0.15, -0.1) is 0 Å². The second-order valence-corrected chi connectivity index (χ2v) is 10.9. The van der Waals surface area contributed by atoms with Crippen molar-refractivity contribution in [1.82, 2.24) is 14.8 Å². The van der Waals surface area contributed by atoms with Crippen LogP contribution in [-0.2, 0) is 6.54 Å². The number of hydrogen-bond donors (Lipinski definition) is 3. The van der Waals surface area contributed by atoms with Crippen LogP contribution in [0.5, 0.6) is 17.2 Å². The Balaban J connectivity index is 1.25. The Labute approximate surface area is 273 Å². The number of anilines is 2. The van der Waals surface area contributed by atoms with Crippen LogP contribution >= 0.6 is 0 Å². The number of halogens is 2. The van der Waals surface area contributed by atoms with Gasteiger partial charge in [-0.2, -0.15) is 9.83 Å². The number of rotatable bonds is 11. The van der Waals surface area contributed by atoms with E-state index in [1.807, 2.05) is 24.3 Å². The van der Waals surface area contributed by atoms with Crippen LogP contribution in [0.2, 0.25) is 0 Å². The summed E-state index contributed by atoms with van der Waals surface area (Å²) in [5, 5.41) is 33.5. The first-order chi connectivity index (χ1) is 23.2. The molecule has 48 heavy (non-hydrogen) atoms. The molecule has 3 aromatic heterocycles. The molecule has 13 heteroatoms. The van der Waals surface area contributed by atoms with Crippen LogP contribution in [0.1, 0.15) is 23.0 Å². The Morgan fingerprint density at radius 2 is 1.79 bits per heavy atom. The minimum atomic E-state index is -0.781. The number of ether oxygens (including phenoxy) is 2. The van der Waals surface area contributed by atoms with Crippen molar-refractivity contribution in [3.05, 3.63) is 125 Å². The molecular weight excluding hydrogens is 622 g/mol. The van der Waals surface area contributed by atoms with Crippen molar-refractivity contribution in [1.29, 1.82) is 0 Å². The van der Waals surface area contributed by atoms with Gasteiger partial charge in [-0.3, -0.25) is 4.79 Å². The highest BCUT2D eigenvalue weighted by Crippen LogP contribution is 2.36. The van der Waals surface area contributed by atoms with E-state index in [1.54, 1.807) is 24.8 Å². The minimum Gasteiger partial charge on any atom is -0.618 e. The molecule has 244 valence electrons. The van der Waals surface area contributed by atoms with Gasteiger partial charge in [0.15, 0.2) is 23.0 Å². The second-order valence-electron chi connectivity index (χ2n) is 10.9. The summed E-state index contributed by atoms with van der Waals surface area (Å²) in [6.45, 7) is 1.99. The highest BCUT2D eigenvalue weighted by molar-refractivity contribution is 6.02. The molecule has 0 fully saturated rings. The largest absolute Gasteiger partial charge is 0.618 e. The molecule has 6 rings (SSSR count). The van der Waals surface area contributed by atoms with E-state index >= 15 is 4.39 Å². The van der Waals surface area contributed by atoms with Crippen molar-refractivity contribution >= 4 is 28.4 Å². The zero-order valence-electron chi connectivity index (χ0n) is 25.9. The highest BCUT2D eigenvalue weighted by atomic mass is 19.1. The fourth-order valence-electron chi connectivity index (χ4n) is 5.02. The van der Waals surface area contributed by atoms with E-state index in [1.165, 1.54) is 60.8 Å². The summed E-state index contributed by atoms with van der Waals surface area (Å²) in [6, 6.07) is 22.2. The van der Waals surface area contributed by atoms with Gasteiger partial charge >= 0.3 is 5.91 Å². The van der Waals surface area contributed by atoms with E-state index in [2.05, 4.69) is 20.7 Å². The monoisotopic (exact) mass is 652 g/mol. The Kier molecular flexibility index (Phi) is 9.12. The third-order valence-corrected chi connectivity index (χ3v) is 7.47. The molecule has 3 N–H and O–H groups in total. The van der Waals surface area contributed by atoms with Gasteiger partial charge in [-0.05, 0) is 67.1 Å². The molecule has 1 amide bonds. The van der Waals surface area contributed by atoms with Gasteiger partial charge < -0.3 is 30.4 Å². The minimum absolute atomic E-state index is 0.0864. The smallest absolute Gasteiger partial charge is 0.321 e. The zero-order chi connectivity index (χ0) is 33.8. The Bertz CT molecular complexity index is 2090. The van der Waals surface area contributed by atoms with Gasteiger partial charge in [0.1, 0.15) is 22.7 Å². The molecule has 0 unspecified atom stereocenters. The van der Waals surface area contributed by atoms with E-state index in [0.29, 0.717) is 33.7 Å². The summed E-state index contributed by atoms with van der Waals surface area (Å²) in [7, 11) is 1.59. The van der Waals surface area contributed by atoms with Crippen molar-refractivity contribution in [3.63, 3.8) is 0 Å². The average Bonchev–Trinajstić information content (AvgIpc) is 3.43. The van der Waals surface area contributed by atoms with Crippen molar-refractivity contribution in [2.24, 2.45) is 0 Å². The number of nitrogens with one attached hydrogen (secondary N) is 2. The SMILES string of the molecule is COc1ccc(Cn2nc(N[C@H](C)CO)c3c(Oc4ccc(NC(=O)c5cccc(-c6ccc(F)cc6)[n+]5[O-])cc4F)ccnc32)cc1. The van der Waals surface area contributed by atoms with Crippen molar-refractivity contribution in [3.8, 4) is 28.5 Å². The molecule has 0 spiro atoms. The fraction of sp³-hybridized carbons (Fsp3) is 0.143. The number of carbonyl (C=O) groups excluding carboxylic acids is 1. The number of hydrogen-bond acceptors (Lipinski definition) is 8. The van der Waals surface area contributed by atoms with Gasteiger partial charge in [0.05, 0.1) is 20.3 Å². The lowest BCUT2D eigenvalue weighted by Gasteiger charge is -2.13. The van der Waals surface area contributed by atoms with Crippen molar-refractivity contribution < 1.29 is 32.9 Å². The van der Waals surface area contributed by atoms with E-state index in [-0.39, 0.29) is 41.2 Å². The summed E-state index contributed by atoms with van der Waals surface area (Å²) in [5.74, 6) is -0.777. The molecule has 0 radical (unpaired) electrons. The molecule has 11 nitrogen and oxygen atoms in total. The first kappa shape index (κ1) is 31.9. The van der Waals surface area contributed by atoms with Gasteiger partial charge in [0, 0.05) is 47.8 Å². The number of methoxy groups -OCH3 is 1. The van der Waals surface area contributed by atoms with E-state index in [4.69, 9.17) is 9.47 Å². The fourth-order valence-corrected chi connectivity index (χ4v) is 5.02. The Hall–Kier alpha value is -6.08. The van der Waals surface area contributed by atoms with E-state index < -0.39 is 17.5 Å². The maximum atomic E-state index is 15.4. The number of fused-ring (bicyclic) bond motifs is 1. The van der Waals surface area contributed by atoms with Crippen LogP contribution < -0.4 is 24.8 Å². The molecule has 3 aromatic carbocycles. The molecule has 0 saturated carbocycles. The van der Waals surface area contributed by atoms with Crippen LogP contribution in [0.25, 0.3) is 22.3 Å². The number of aliphatic hydroxyl groups excluding tert-OH is 1. The lowest BCUT2D eigenvalue weighted by molar-refractivity contribution is -0.595. The first-order valence-corrected chi connectivity index (χ1v) is 14.9. The summed E-state index contributed by atoms with van der Waals surface area (Å²) in [6.07, 6.45) is 1.52. The molecule has 0 aliphatic heterocycles. The number of benzene rings is 3. The summed E-state index contributed by atoms with van der Waals surface area (Å²) >= 11 is 0. The number of aliphatic hydroxyl groups is 1. The maximum absolute atomic E-state index is 15.4. The first-order valence-electron chi connectivity index (χ1n) is 14.9. The second kappa shape index (κ2) is 13.7. The average molecular weight is 653 g/mol. The number of nitrogens with zero attached hydrogens (tertiary/aromatic N) is 4. The van der Waals surface area contributed by atoms with Gasteiger partial charge in [-0.1, -0.05) is 12.1 Å². The standard InChI is InChI=1S/C35H30F2N6O5/c1-21(20-44)39-33-32-31(16-17-38-34(32)42(41-33)19-22-6-13-26(47-2)14-7-22)48-30-15-12-25(18-27(30)37)40-35(45)29-5-3-4-28(43(29)46)23-8-10-24(36)11-9-23/h3-18,21,44H,19-20H2,1-2H3,(H,39,41)(H,40,45)/t21-/m1/s1. The Morgan fingerprint density at radius 3 is 2.50 bits per heavy atom. The van der Waals surface area contributed by atoms with Gasteiger partial charge in [0.2, 0.25) is 5.69 Å². The molecular formula is C35H30F2N6O5. The van der Waals surface area contributed by atoms with Gasteiger partial charge in [-0.25, -0.2) is 18.4 Å². The molecule has 0 aliphatic carbocycles. The Morgan fingerprint density at radius 1 is 1.02 bits per heavy atom. The number of pyridine rings is 2. The summed E-state index contributed by atoms with van der Waals surface area (Å²) < 4.78 is 42.2. The molecule has 0 bridgehead atoms. The third kappa shape index (κ3) is 6.71. The molecule has 0 aliphatic rings. The quantitative estimate of drug-likeness (QED) is 0.116. The van der Waals surface area contributed by atoms with E-state index in [9.17, 15) is 19.5 Å². The summed E-state index contributed by atoms with van der Waals surface area (Å²) in [5.41, 5.74) is 1.83. The molecule has 1 atom stereocenters. The normalized spacial score (nSPS) is 11.7. The number of amides is 1. The third-order valence-electron chi connectivity index (χ3n) is 7.47. The predicted molar refractivity (Wildman–Crippen MR) is 175 cm³/mol. The van der Waals surface area contributed by atoms with E-state index in [0.717, 1.165) is 17.4 Å². The van der Waals surface area contributed by atoms with Crippen LogP contribution in [0.3, 0.4) is 0 Å². The van der Waals surface area contributed by atoms with Crippen LogP contribution in [0, 0.1) is 16.8 Å². The van der Waals surface area contributed by atoms with Crippen LogP contribution in [-0.4, -0.2) is 45.5 Å². The zero-order valence-corrected chi connectivity index (χ0v) is 25.9.